The quantitative estimate of drug-likeness (QED) is 0.488. The number of nitro groups is 1. The lowest BCUT2D eigenvalue weighted by atomic mass is 10.3. The molecular weight excluding hydrogens is 246 g/mol. The lowest BCUT2D eigenvalue weighted by Gasteiger charge is -2.06. The zero-order valence-electron chi connectivity index (χ0n) is 10.6. The summed E-state index contributed by atoms with van der Waals surface area (Å²) >= 11 is 0. The Labute approximate surface area is 110 Å². The van der Waals surface area contributed by atoms with Gasteiger partial charge in [-0.1, -0.05) is 0 Å². The van der Waals surface area contributed by atoms with Gasteiger partial charge in [0.1, 0.15) is 0 Å². The predicted octanol–water partition coefficient (Wildman–Crippen LogP) is 2.00. The Morgan fingerprint density at radius 1 is 1.53 bits per heavy atom. The van der Waals surface area contributed by atoms with Gasteiger partial charge in [-0.15, -0.1) is 0 Å². The van der Waals surface area contributed by atoms with Gasteiger partial charge in [-0.2, -0.15) is 5.10 Å². The molecule has 0 saturated carbocycles. The van der Waals surface area contributed by atoms with Crippen molar-refractivity contribution in [1.82, 2.24) is 14.8 Å². The first-order valence-corrected chi connectivity index (χ1v) is 5.99. The molecule has 7 nitrogen and oxygen atoms in total. The molecule has 0 amide bonds. The number of nitrogens with zero attached hydrogens (tertiary/aromatic N) is 4. The van der Waals surface area contributed by atoms with Crippen LogP contribution in [0, 0.1) is 17.0 Å². The van der Waals surface area contributed by atoms with Crippen molar-refractivity contribution in [3.05, 3.63) is 46.4 Å². The highest BCUT2D eigenvalue weighted by Gasteiger charge is 2.14. The maximum atomic E-state index is 10.9. The topological polar surface area (TPSA) is 85.9 Å². The summed E-state index contributed by atoms with van der Waals surface area (Å²) in [6.07, 6.45) is 6.03. The monoisotopic (exact) mass is 261 g/mol. The van der Waals surface area contributed by atoms with E-state index in [0.29, 0.717) is 12.4 Å². The van der Waals surface area contributed by atoms with Crippen molar-refractivity contribution in [2.24, 2.45) is 0 Å². The van der Waals surface area contributed by atoms with E-state index in [4.69, 9.17) is 0 Å². The number of nitrogens with one attached hydrogen (secondary N) is 1. The first kappa shape index (κ1) is 13.0. The van der Waals surface area contributed by atoms with Crippen molar-refractivity contribution in [2.75, 3.05) is 11.9 Å². The van der Waals surface area contributed by atoms with Gasteiger partial charge >= 0.3 is 5.69 Å². The van der Waals surface area contributed by atoms with E-state index in [1.807, 2.05) is 16.9 Å². The average molecular weight is 261 g/mol. The Morgan fingerprint density at radius 3 is 3.05 bits per heavy atom. The van der Waals surface area contributed by atoms with Crippen LogP contribution in [-0.2, 0) is 6.54 Å². The normalized spacial score (nSPS) is 10.4. The third-order valence-corrected chi connectivity index (χ3v) is 2.62. The fourth-order valence-corrected chi connectivity index (χ4v) is 1.71. The molecule has 0 atom stereocenters. The van der Waals surface area contributed by atoms with Crippen LogP contribution < -0.4 is 5.32 Å². The Balaban J connectivity index is 1.90. The van der Waals surface area contributed by atoms with Crippen molar-refractivity contribution < 1.29 is 4.92 Å². The fraction of sp³-hybridized carbons (Fsp3) is 0.333. The molecule has 0 unspecified atom stereocenters. The summed E-state index contributed by atoms with van der Waals surface area (Å²) in [5.41, 5.74) is 0.785. The number of hydrogen-bond donors (Lipinski definition) is 1. The molecule has 2 rings (SSSR count). The maximum absolute atomic E-state index is 10.9. The van der Waals surface area contributed by atoms with E-state index < -0.39 is 4.92 Å². The van der Waals surface area contributed by atoms with Gasteiger partial charge in [0, 0.05) is 37.7 Å². The van der Waals surface area contributed by atoms with Gasteiger partial charge in [0.25, 0.3) is 0 Å². The minimum absolute atomic E-state index is 0.0130. The smallest absolute Gasteiger partial charge is 0.311 e. The molecule has 0 bridgehead atoms. The Hall–Kier alpha value is -2.44. The lowest BCUT2D eigenvalue weighted by molar-refractivity contribution is -0.384. The largest absolute Gasteiger partial charge is 0.364 e. The summed E-state index contributed by atoms with van der Waals surface area (Å²) in [5, 5.41) is 18.0. The zero-order valence-corrected chi connectivity index (χ0v) is 10.6. The number of aromatic nitrogens is 3. The molecule has 19 heavy (non-hydrogen) atoms. The standard InChI is InChI=1S/C12H15N5O2/c1-10-8-11(17(18)19)12(14-9-10)13-4-2-6-16-7-3-5-15-16/h3,5,7-9H,2,4,6H2,1H3,(H,13,14). The molecule has 2 heterocycles. The molecule has 0 radical (unpaired) electrons. The molecule has 1 N–H and O–H groups in total. The number of anilines is 1. The molecule has 0 aliphatic rings. The molecule has 2 aromatic rings. The van der Waals surface area contributed by atoms with Crippen LogP contribution in [0.4, 0.5) is 11.5 Å². The third kappa shape index (κ3) is 3.51. The Bertz CT molecular complexity index is 553. The van der Waals surface area contributed by atoms with Gasteiger partial charge in [-0.3, -0.25) is 14.8 Å². The summed E-state index contributed by atoms with van der Waals surface area (Å²) in [6.45, 7) is 3.15. The molecule has 0 spiro atoms. The molecule has 0 aromatic carbocycles. The third-order valence-electron chi connectivity index (χ3n) is 2.62. The van der Waals surface area contributed by atoms with Crippen LogP contribution in [0.3, 0.4) is 0 Å². The van der Waals surface area contributed by atoms with E-state index in [9.17, 15) is 10.1 Å². The molecular formula is C12H15N5O2. The molecule has 2 aromatic heterocycles. The second kappa shape index (κ2) is 5.94. The maximum Gasteiger partial charge on any atom is 0.311 e. The van der Waals surface area contributed by atoms with Crippen molar-refractivity contribution in [1.29, 1.82) is 0 Å². The van der Waals surface area contributed by atoms with E-state index in [1.54, 1.807) is 19.3 Å². The van der Waals surface area contributed by atoms with E-state index in [1.165, 1.54) is 6.07 Å². The molecule has 0 aliphatic carbocycles. The molecule has 0 aliphatic heterocycles. The highest BCUT2D eigenvalue weighted by atomic mass is 16.6. The zero-order chi connectivity index (χ0) is 13.7. The van der Waals surface area contributed by atoms with Crippen LogP contribution in [0.25, 0.3) is 0 Å². The van der Waals surface area contributed by atoms with E-state index in [0.717, 1.165) is 18.5 Å². The second-order valence-corrected chi connectivity index (χ2v) is 4.19. The second-order valence-electron chi connectivity index (χ2n) is 4.19. The van der Waals surface area contributed by atoms with Crippen molar-refractivity contribution >= 4 is 11.5 Å². The Kier molecular flexibility index (Phi) is 4.07. The minimum atomic E-state index is -0.421. The molecule has 100 valence electrons. The van der Waals surface area contributed by atoms with Gasteiger partial charge in [0.05, 0.1) is 4.92 Å². The van der Waals surface area contributed by atoms with E-state index in [2.05, 4.69) is 15.4 Å². The summed E-state index contributed by atoms with van der Waals surface area (Å²) in [6, 6.07) is 3.38. The number of rotatable bonds is 6. The van der Waals surface area contributed by atoms with Gasteiger partial charge < -0.3 is 5.32 Å². The lowest BCUT2D eigenvalue weighted by Crippen LogP contribution is -2.09. The summed E-state index contributed by atoms with van der Waals surface area (Å²) < 4.78 is 1.82. The number of aryl methyl sites for hydroxylation is 2. The van der Waals surface area contributed by atoms with Crippen LogP contribution in [0.15, 0.2) is 30.7 Å². The van der Waals surface area contributed by atoms with Gasteiger partial charge in [0.15, 0.2) is 0 Å². The summed E-state index contributed by atoms with van der Waals surface area (Å²) in [4.78, 5) is 14.5. The molecule has 0 fully saturated rings. The Morgan fingerprint density at radius 2 is 2.37 bits per heavy atom. The highest BCUT2D eigenvalue weighted by molar-refractivity contribution is 5.56. The average Bonchev–Trinajstić information content (AvgIpc) is 2.89. The van der Waals surface area contributed by atoms with Gasteiger partial charge in [-0.25, -0.2) is 4.98 Å². The van der Waals surface area contributed by atoms with Crippen LogP contribution >= 0.6 is 0 Å². The summed E-state index contributed by atoms with van der Waals surface area (Å²) in [5.74, 6) is 0.316. The van der Waals surface area contributed by atoms with Crippen molar-refractivity contribution in [3.8, 4) is 0 Å². The fourth-order valence-electron chi connectivity index (χ4n) is 1.71. The number of hydrogen-bond acceptors (Lipinski definition) is 5. The van der Waals surface area contributed by atoms with Crippen molar-refractivity contribution in [3.63, 3.8) is 0 Å². The van der Waals surface area contributed by atoms with E-state index in [-0.39, 0.29) is 5.69 Å². The van der Waals surface area contributed by atoms with Crippen molar-refractivity contribution in [2.45, 2.75) is 19.9 Å². The van der Waals surface area contributed by atoms with Crippen LogP contribution in [-0.4, -0.2) is 26.2 Å². The van der Waals surface area contributed by atoms with Crippen LogP contribution in [0.1, 0.15) is 12.0 Å². The van der Waals surface area contributed by atoms with Crippen LogP contribution in [0.5, 0.6) is 0 Å². The SMILES string of the molecule is Cc1cnc(NCCCn2cccn2)c([N+](=O)[O-])c1. The number of pyridine rings is 1. The molecule has 0 saturated heterocycles. The van der Waals surface area contributed by atoms with Gasteiger partial charge in [-0.05, 0) is 25.0 Å². The molecule has 7 heteroatoms. The highest BCUT2D eigenvalue weighted by Crippen LogP contribution is 2.22. The van der Waals surface area contributed by atoms with E-state index >= 15 is 0 Å². The first-order chi connectivity index (χ1) is 9.16. The summed E-state index contributed by atoms with van der Waals surface area (Å²) in [7, 11) is 0. The predicted molar refractivity (Wildman–Crippen MR) is 71.0 cm³/mol. The minimum Gasteiger partial charge on any atom is -0.364 e. The van der Waals surface area contributed by atoms with Gasteiger partial charge in [0.2, 0.25) is 5.82 Å². The first-order valence-electron chi connectivity index (χ1n) is 5.99. The van der Waals surface area contributed by atoms with Crippen LogP contribution in [0.2, 0.25) is 0 Å².